The number of benzene rings is 4. The van der Waals surface area contributed by atoms with E-state index in [9.17, 15) is 18.9 Å². The number of H-pyrrole nitrogens is 3. The first kappa shape index (κ1) is 34.0. The molecule has 1 unspecified atom stereocenters. The summed E-state index contributed by atoms with van der Waals surface area (Å²) in [4.78, 5) is 10.2. The topological polar surface area (TPSA) is 201 Å². The first-order chi connectivity index (χ1) is 26.3. The molecule has 1 aliphatic heterocycles. The van der Waals surface area contributed by atoms with Gasteiger partial charge in [0, 0.05) is 69.8 Å². The largest absolute Gasteiger partial charge is 0.454 e. The first-order valence-electron chi connectivity index (χ1n) is 16.7. The van der Waals surface area contributed by atoms with Gasteiger partial charge in [-0.05, 0) is 61.7 Å². The average molecular weight is 733 g/mol. The third-order valence-electron chi connectivity index (χ3n) is 8.81. The Morgan fingerprint density at radius 2 is 1.48 bits per heavy atom. The van der Waals surface area contributed by atoms with Crippen LogP contribution in [0.25, 0.3) is 44.1 Å². The monoisotopic (exact) mass is 732 g/mol. The lowest BCUT2D eigenvalue weighted by Gasteiger charge is -2.23. The standard InChI is InChI=1S/C21H18FN5O4.C16H12FN5O/c22-17-8-15(27(28)29)4-5-19(17)31-20-7-13-12-25-26(21-3-1-2-6-30-21)18(13)9-16(20)14-10-23-24-11-14;17-13-4-11(18)1-2-15(13)23-16-3-9-6-21-22-14(9)5-12(16)10-7-19-20-8-10/h4-5,7-12,21H,1-3,6H2,(H,23,24);1-8H,18H2,(H,19,20)(H,21,22). The molecule has 5 heterocycles. The summed E-state index contributed by atoms with van der Waals surface area (Å²) >= 11 is 0. The maximum atomic E-state index is 14.5. The highest BCUT2D eigenvalue weighted by Gasteiger charge is 2.22. The number of halogens is 2. The van der Waals surface area contributed by atoms with Crippen molar-refractivity contribution in [2.75, 3.05) is 12.3 Å². The van der Waals surface area contributed by atoms with Gasteiger partial charge in [0.25, 0.3) is 5.69 Å². The predicted octanol–water partition coefficient (Wildman–Crippen LogP) is 8.43. The number of rotatable bonds is 8. The van der Waals surface area contributed by atoms with Crippen LogP contribution in [0.5, 0.6) is 23.0 Å². The van der Waals surface area contributed by atoms with Crippen molar-refractivity contribution >= 4 is 33.2 Å². The molecule has 4 aromatic heterocycles. The molecule has 4 aromatic carbocycles. The van der Waals surface area contributed by atoms with Gasteiger partial charge in [0.15, 0.2) is 29.4 Å². The van der Waals surface area contributed by atoms with E-state index >= 15 is 0 Å². The Balaban J connectivity index is 0.000000160. The van der Waals surface area contributed by atoms with Gasteiger partial charge in [-0.1, -0.05) is 0 Å². The Morgan fingerprint density at radius 1 is 0.796 bits per heavy atom. The molecular weight excluding hydrogens is 702 g/mol. The highest BCUT2D eigenvalue weighted by Crippen LogP contribution is 2.40. The summed E-state index contributed by atoms with van der Waals surface area (Å²) in [5.41, 5.74) is 10.3. The second-order valence-electron chi connectivity index (χ2n) is 12.4. The number of nitrogens with two attached hydrogens (primary N) is 1. The van der Waals surface area contributed by atoms with Gasteiger partial charge in [-0.3, -0.25) is 25.4 Å². The van der Waals surface area contributed by atoms with Gasteiger partial charge in [0.1, 0.15) is 11.5 Å². The first-order valence-corrected chi connectivity index (χ1v) is 16.7. The van der Waals surface area contributed by atoms with Gasteiger partial charge in [-0.25, -0.2) is 13.5 Å². The van der Waals surface area contributed by atoms with Crippen molar-refractivity contribution in [3.05, 3.63) is 120 Å². The highest BCUT2D eigenvalue weighted by molar-refractivity contribution is 5.89. The van der Waals surface area contributed by atoms with Gasteiger partial charge in [0.2, 0.25) is 0 Å². The normalized spacial score (nSPS) is 14.1. The number of non-ortho nitro benzene ring substituents is 1. The third-order valence-corrected chi connectivity index (χ3v) is 8.81. The van der Waals surface area contributed by atoms with Crippen LogP contribution >= 0.6 is 0 Å². The van der Waals surface area contributed by atoms with Crippen LogP contribution in [0, 0.1) is 21.7 Å². The van der Waals surface area contributed by atoms with Crippen LogP contribution < -0.4 is 15.2 Å². The van der Waals surface area contributed by atoms with E-state index in [1.165, 1.54) is 24.3 Å². The Labute approximate surface area is 303 Å². The van der Waals surface area contributed by atoms with E-state index in [0.717, 1.165) is 63.8 Å². The number of nitrogens with zero attached hydrogens (tertiary/aromatic N) is 6. The number of fused-ring (bicyclic) bond motifs is 2. The van der Waals surface area contributed by atoms with E-state index in [4.69, 9.17) is 19.9 Å². The molecule has 17 heteroatoms. The Kier molecular flexibility index (Phi) is 9.10. The fraction of sp³-hybridized carbons (Fsp3) is 0.135. The Bertz CT molecular complexity index is 2580. The van der Waals surface area contributed by atoms with Crippen LogP contribution in [0.15, 0.2) is 97.8 Å². The molecule has 0 bridgehead atoms. The van der Waals surface area contributed by atoms with Crippen LogP contribution in [-0.2, 0) is 4.74 Å². The lowest BCUT2D eigenvalue weighted by molar-refractivity contribution is -0.385. The second kappa shape index (κ2) is 14.5. The minimum atomic E-state index is -0.821. The van der Waals surface area contributed by atoms with Crippen LogP contribution in [0.2, 0.25) is 0 Å². The minimum Gasteiger partial charge on any atom is -0.454 e. The van der Waals surface area contributed by atoms with Gasteiger partial charge >= 0.3 is 0 Å². The minimum absolute atomic E-state index is 0.104. The highest BCUT2D eigenvalue weighted by atomic mass is 19.1. The lowest BCUT2D eigenvalue weighted by Crippen LogP contribution is -2.18. The summed E-state index contributed by atoms with van der Waals surface area (Å²) < 4.78 is 47.8. The van der Waals surface area contributed by atoms with Crippen molar-refractivity contribution in [1.29, 1.82) is 0 Å². The van der Waals surface area contributed by atoms with Crippen LogP contribution in [0.1, 0.15) is 25.5 Å². The van der Waals surface area contributed by atoms with Gasteiger partial charge in [-0.2, -0.15) is 20.4 Å². The molecule has 0 spiro atoms. The van der Waals surface area contributed by atoms with Crippen LogP contribution in [-0.4, -0.2) is 51.9 Å². The van der Waals surface area contributed by atoms with Gasteiger partial charge in [0.05, 0.1) is 46.8 Å². The summed E-state index contributed by atoms with van der Waals surface area (Å²) in [7, 11) is 0. The van der Waals surface area contributed by atoms with Gasteiger partial charge in [-0.15, -0.1) is 0 Å². The summed E-state index contributed by atoms with van der Waals surface area (Å²) in [6, 6.07) is 15.0. The molecule has 1 saturated heterocycles. The van der Waals surface area contributed by atoms with E-state index in [-0.39, 0.29) is 23.4 Å². The zero-order valence-electron chi connectivity index (χ0n) is 28.2. The molecule has 0 saturated carbocycles. The van der Waals surface area contributed by atoms with Crippen LogP contribution in [0.4, 0.5) is 20.2 Å². The zero-order chi connectivity index (χ0) is 37.2. The predicted molar refractivity (Wildman–Crippen MR) is 194 cm³/mol. The number of aromatic amines is 3. The molecule has 15 nitrogen and oxygen atoms in total. The molecule has 0 radical (unpaired) electrons. The van der Waals surface area contributed by atoms with E-state index in [2.05, 4.69) is 35.7 Å². The summed E-state index contributed by atoms with van der Waals surface area (Å²) in [6.07, 6.45) is 13.0. The van der Waals surface area contributed by atoms with E-state index in [0.29, 0.717) is 29.4 Å². The van der Waals surface area contributed by atoms with Crippen LogP contribution in [0.3, 0.4) is 0 Å². The van der Waals surface area contributed by atoms with Crippen molar-refractivity contribution < 1.29 is 27.9 Å². The van der Waals surface area contributed by atoms with E-state index in [1.807, 2.05) is 16.8 Å². The number of aromatic nitrogens is 8. The third kappa shape index (κ3) is 6.90. The molecule has 1 atom stereocenters. The molecule has 272 valence electrons. The maximum Gasteiger partial charge on any atom is 0.272 e. The molecule has 54 heavy (non-hydrogen) atoms. The summed E-state index contributed by atoms with van der Waals surface area (Å²) in [5.74, 6) is -0.464. The fourth-order valence-electron chi connectivity index (χ4n) is 6.13. The Morgan fingerprint density at radius 3 is 2.11 bits per heavy atom. The van der Waals surface area contributed by atoms with Crippen molar-refractivity contribution in [3.8, 4) is 45.3 Å². The summed E-state index contributed by atoms with van der Waals surface area (Å²) in [6.45, 7) is 0.696. The van der Waals surface area contributed by atoms with Crippen molar-refractivity contribution in [2.45, 2.75) is 25.5 Å². The van der Waals surface area contributed by atoms with Crippen molar-refractivity contribution in [1.82, 2.24) is 40.4 Å². The SMILES string of the molecule is Nc1ccc(Oc2cc3cn[nH]c3cc2-c2cn[nH]c2)c(F)c1.O=[N+]([O-])c1ccc(Oc2cc3cnn(C4CCCCO4)c3cc2-c2cn[nH]c2)c(F)c1. The molecule has 1 aliphatic rings. The number of hydrogen-bond donors (Lipinski definition) is 4. The Hall–Kier alpha value is -7.14. The number of nitrogen functional groups attached to an aromatic ring is 1. The number of hydrogen-bond acceptors (Lipinski definition) is 10. The van der Waals surface area contributed by atoms with Gasteiger partial charge < -0.3 is 19.9 Å². The lowest BCUT2D eigenvalue weighted by atomic mass is 10.1. The number of nitro benzene ring substituents is 1. The number of ether oxygens (including phenoxy) is 3. The molecule has 5 N–H and O–H groups in total. The maximum absolute atomic E-state index is 14.5. The average Bonchev–Trinajstić information content (AvgIpc) is 4.02. The van der Waals surface area contributed by atoms with Crippen molar-refractivity contribution in [2.24, 2.45) is 0 Å². The van der Waals surface area contributed by atoms with E-state index < -0.39 is 16.6 Å². The smallest absolute Gasteiger partial charge is 0.272 e. The molecule has 0 aliphatic carbocycles. The quantitative estimate of drug-likeness (QED) is 0.0667. The summed E-state index contributed by atoms with van der Waals surface area (Å²) in [5, 5.41) is 37.4. The molecule has 1 fully saturated rings. The second-order valence-corrected chi connectivity index (χ2v) is 12.4. The van der Waals surface area contributed by atoms with Crippen molar-refractivity contribution in [3.63, 3.8) is 0 Å². The molecule has 0 amide bonds. The number of anilines is 1. The number of nitrogens with one attached hydrogen (secondary N) is 3. The molecular formula is C37H30F2N10O5. The number of nitro groups is 1. The molecule has 8 aromatic rings. The van der Waals surface area contributed by atoms with E-state index in [1.54, 1.807) is 55.4 Å². The molecule has 9 rings (SSSR count). The fourth-order valence-corrected chi connectivity index (χ4v) is 6.13. The zero-order valence-corrected chi connectivity index (χ0v) is 28.2.